The molecule has 11 heteroatoms. The van der Waals surface area contributed by atoms with Gasteiger partial charge in [0, 0.05) is 23.9 Å². The molecule has 33 heavy (non-hydrogen) atoms. The molecular weight excluding hydrogens is 512 g/mol. The van der Waals surface area contributed by atoms with Crippen molar-refractivity contribution >= 4 is 57.5 Å². The summed E-state index contributed by atoms with van der Waals surface area (Å²) >= 11 is 3.11. The molecule has 0 spiro atoms. The minimum Gasteiger partial charge on any atom is -0.493 e. The molecule has 0 saturated carbocycles. The van der Waals surface area contributed by atoms with Crippen LogP contribution in [0, 0.1) is 0 Å². The van der Waals surface area contributed by atoms with Crippen LogP contribution in [0.2, 0.25) is 0 Å². The molecule has 3 rings (SSSR count). The van der Waals surface area contributed by atoms with Crippen LogP contribution in [0.5, 0.6) is 11.5 Å². The number of aliphatic imine (C=N–C) groups is 2. The molecule has 0 saturated heterocycles. The Kier molecular flexibility index (Phi) is 9.36. The van der Waals surface area contributed by atoms with E-state index in [9.17, 15) is 4.79 Å². The molecular formula is C22H28BrClN6O3. The number of amides is 1. The lowest BCUT2D eigenvalue weighted by Gasteiger charge is -2.38. The number of nitrogens with two attached hydrogens (primary N) is 2. The third-order valence-electron chi connectivity index (χ3n) is 4.55. The first-order chi connectivity index (χ1) is 15.3. The number of anilines is 2. The van der Waals surface area contributed by atoms with Gasteiger partial charge >= 0.3 is 0 Å². The molecule has 0 aromatic heterocycles. The second-order valence-corrected chi connectivity index (χ2v) is 8.08. The Morgan fingerprint density at radius 3 is 2.39 bits per heavy atom. The average Bonchev–Trinajstić information content (AvgIpc) is 2.73. The summed E-state index contributed by atoms with van der Waals surface area (Å²) in [6.07, 6.45) is 0.700. The second-order valence-electron chi connectivity index (χ2n) is 7.52. The van der Waals surface area contributed by atoms with Crippen LogP contribution in [0.4, 0.5) is 11.4 Å². The lowest BCUT2D eigenvalue weighted by atomic mass is 10.1. The van der Waals surface area contributed by atoms with Gasteiger partial charge in [-0.05, 0) is 50.2 Å². The Labute approximate surface area is 207 Å². The molecule has 1 heterocycles. The molecule has 0 radical (unpaired) electrons. The number of rotatable bonds is 9. The van der Waals surface area contributed by atoms with E-state index in [2.05, 4.69) is 31.2 Å². The minimum absolute atomic E-state index is 0. The van der Waals surface area contributed by atoms with Gasteiger partial charge in [-0.1, -0.05) is 22.0 Å². The molecule has 0 atom stereocenters. The van der Waals surface area contributed by atoms with E-state index >= 15 is 0 Å². The fourth-order valence-electron chi connectivity index (χ4n) is 3.23. The van der Waals surface area contributed by atoms with Gasteiger partial charge < -0.3 is 26.3 Å². The highest BCUT2D eigenvalue weighted by Gasteiger charge is 2.33. The van der Waals surface area contributed by atoms with Gasteiger partial charge in [0.1, 0.15) is 17.2 Å². The van der Waals surface area contributed by atoms with Crippen molar-refractivity contribution in [3.05, 3.63) is 48.5 Å². The number of halogens is 2. The molecule has 0 aliphatic carbocycles. The molecule has 5 N–H and O–H groups in total. The Morgan fingerprint density at radius 2 is 1.76 bits per heavy atom. The summed E-state index contributed by atoms with van der Waals surface area (Å²) in [6, 6.07) is 14.8. The number of carbonyl (C=O) groups is 1. The zero-order valence-electron chi connectivity index (χ0n) is 18.5. The number of guanidine groups is 2. The van der Waals surface area contributed by atoms with Crippen LogP contribution in [0.15, 0.2) is 58.5 Å². The summed E-state index contributed by atoms with van der Waals surface area (Å²) in [5.74, 6) is 1.78. The van der Waals surface area contributed by atoms with Gasteiger partial charge in [-0.3, -0.25) is 9.69 Å². The van der Waals surface area contributed by atoms with Crippen molar-refractivity contribution in [2.45, 2.75) is 25.9 Å². The number of nitrogens with zero attached hydrogens (tertiary/aromatic N) is 3. The number of alkyl halides is 1. The number of ether oxygens (including phenoxy) is 2. The standard InChI is InChI=1S/C22H27BrN6O3.ClH/c1-22(2)28-20(24)27-21(25)29(22)16-5-3-6-18(13-16)32-12-4-11-31-17-9-7-15(8-10-17)26-19(30)14-23;/h3,5-10,13H,4,11-12,14H2,1-2H3,(H,26,30)(H4,24,25,27,28);1H. The van der Waals surface area contributed by atoms with Crippen molar-refractivity contribution in [2.24, 2.45) is 21.5 Å². The molecule has 0 bridgehead atoms. The average molecular weight is 540 g/mol. The van der Waals surface area contributed by atoms with Crippen molar-refractivity contribution in [2.75, 3.05) is 28.8 Å². The van der Waals surface area contributed by atoms with Crippen molar-refractivity contribution in [3.8, 4) is 11.5 Å². The third-order valence-corrected chi connectivity index (χ3v) is 5.06. The van der Waals surface area contributed by atoms with Gasteiger partial charge in [0.05, 0.1) is 18.5 Å². The van der Waals surface area contributed by atoms with E-state index in [0.29, 0.717) is 25.4 Å². The second kappa shape index (κ2) is 11.8. The number of carbonyl (C=O) groups excluding carboxylic acids is 1. The first-order valence-electron chi connectivity index (χ1n) is 10.1. The van der Waals surface area contributed by atoms with Crippen LogP contribution >= 0.6 is 28.3 Å². The lowest BCUT2D eigenvalue weighted by molar-refractivity contribution is -0.113. The van der Waals surface area contributed by atoms with E-state index < -0.39 is 5.66 Å². The summed E-state index contributed by atoms with van der Waals surface area (Å²) < 4.78 is 11.6. The SMILES string of the molecule is CC1(C)N=C(N)N=C(N)N1c1cccc(OCCCOc2ccc(NC(=O)CBr)cc2)c1.Cl. The zero-order chi connectivity index (χ0) is 23.1. The third kappa shape index (κ3) is 7.26. The normalized spacial score (nSPS) is 14.5. The maximum Gasteiger partial charge on any atom is 0.235 e. The molecule has 0 fully saturated rings. The lowest BCUT2D eigenvalue weighted by Crippen LogP contribution is -2.54. The summed E-state index contributed by atoms with van der Waals surface area (Å²) in [6.45, 7) is 4.81. The van der Waals surface area contributed by atoms with Crippen molar-refractivity contribution in [3.63, 3.8) is 0 Å². The fraction of sp³-hybridized carbons (Fsp3) is 0.318. The van der Waals surface area contributed by atoms with Crippen LogP contribution in [0.3, 0.4) is 0 Å². The van der Waals surface area contributed by atoms with E-state index in [0.717, 1.165) is 17.1 Å². The highest BCUT2D eigenvalue weighted by Crippen LogP contribution is 2.30. The van der Waals surface area contributed by atoms with Crippen LogP contribution in [-0.2, 0) is 4.79 Å². The van der Waals surface area contributed by atoms with Gasteiger partial charge in [0.25, 0.3) is 0 Å². The molecule has 2 aromatic rings. The van der Waals surface area contributed by atoms with Gasteiger partial charge in [-0.15, -0.1) is 12.4 Å². The highest BCUT2D eigenvalue weighted by atomic mass is 79.9. The summed E-state index contributed by atoms with van der Waals surface area (Å²) in [4.78, 5) is 21.6. The Hall–Kier alpha value is -2.98. The Morgan fingerprint density at radius 1 is 1.09 bits per heavy atom. The summed E-state index contributed by atoms with van der Waals surface area (Å²) in [5, 5.41) is 3.02. The zero-order valence-corrected chi connectivity index (χ0v) is 20.9. The highest BCUT2D eigenvalue weighted by molar-refractivity contribution is 9.09. The smallest absolute Gasteiger partial charge is 0.235 e. The van der Waals surface area contributed by atoms with Crippen LogP contribution in [0.1, 0.15) is 20.3 Å². The molecule has 9 nitrogen and oxygen atoms in total. The topological polar surface area (TPSA) is 128 Å². The van der Waals surface area contributed by atoms with E-state index in [-0.39, 0.29) is 35.6 Å². The van der Waals surface area contributed by atoms with Crippen LogP contribution in [-0.4, -0.2) is 42.0 Å². The molecule has 1 amide bonds. The Balaban J connectivity index is 0.00000385. The Bertz CT molecular complexity index is 1010. The van der Waals surface area contributed by atoms with E-state index in [1.165, 1.54) is 0 Å². The fourth-order valence-corrected chi connectivity index (χ4v) is 3.37. The van der Waals surface area contributed by atoms with Gasteiger partial charge in [-0.2, -0.15) is 4.99 Å². The number of hydrogen-bond donors (Lipinski definition) is 3. The first kappa shape index (κ1) is 26.3. The molecule has 1 aliphatic heterocycles. The van der Waals surface area contributed by atoms with Crippen LogP contribution < -0.4 is 31.2 Å². The predicted molar refractivity (Wildman–Crippen MR) is 138 cm³/mol. The monoisotopic (exact) mass is 538 g/mol. The molecule has 178 valence electrons. The summed E-state index contributed by atoms with van der Waals surface area (Å²) in [7, 11) is 0. The molecule has 1 aliphatic rings. The number of hydrogen-bond acceptors (Lipinski definition) is 8. The van der Waals surface area contributed by atoms with Gasteiger partial charge in [0.2, 0.25) is 17.8 Å². The van der Waals surface area contributed by atoms with Crippen LogP contribution in [0.25, 0.3) is 0 Å². The van der Waals surface area contributed by atoms with Gasteiger partial charge in [-0.25, -0.2) is 4.99 Å². The summed E-state index contributed by atoms with van der Waals surface area (Å²) in [5.41, 5.74) is 12.7. The quantitative estimate of drug-likeness (QED) is 0.331. The predicted octanol–water partition coefficient (Wildman–Crippen LogP) is 3.48. The van der Waals surface area contributed by atoms with E-state index in [4.69, 9.17) is 20.9 Å². The van der Waals surface area contributed by atoms with E-state index in [1.807, 2.05) is 55.1 Å². The van der Waals surface area contributed by atoms with Crippen molar-refractivity contribution in [1.29, 1.82) is 0 Å². The van der Waals surface area contributed by atoms with Crippen molar-refractivity contribution < 1.29 is 14.3 Å². The maximum absolute atomic E-state index is 11.4. The molecule has 2 aromatic carbocycles. The van der Waals surface area contributed by atoms with Crippen molar-refractivity contribution in [1.82, 2.24) is 0 Å². The number of benzene rings is 2. The maximum atomic E-state index is 11.4. The molecule has 0 unspecified atom stereocenters. The largest absolute Gasteiger partial charge is 0.493 e. The minimum atomic E-state index is -0.658. The number of nitrogens with one attached hydrogen (secondary N) is 1. The van der Waals surface area contributed by atoms with E-state index in [1.54, 1.807) is 12.1 Å². The van der Waals surface area contributed by atoms with Gasteiger partial charge in [0.15, 0.2) is 0 Å². The first-order valence-corrected chi connectivity index (χ1v) is 11.2.